The van der Waals surface area contributed by atoms with Gasteiger partial charge in [-0.05, 0) is 23.8 Å². The van der Waals surface area contributed by atoms with Gasteiger partial charge >= 0.3 is 0 Å². The number of benzene rings is 1. The fourth-order valence-corrected chi connectivity index (χ4v) is 2.48. The summed E-state index contributed by atoms with van der Waals surface area (Å²) in [7, 11) is 0. The third-order valence-corrected chi connectivity index (χ3v) is 3.44. The fourth-order valence-electron chi connectivity index (χ4n) is 2.48. The van der Waals surface area contributed by atoms with E-state index in [1.54, 1.807) is 4.52 Å². The largest absolute Gasteiger partial charge is 0.488 e. The van der Waals surface area contributed by atoms with Crippen LogP contribution in [-0.4, -0.2) is 27.2 Å². The van der Waals surface area contributed by atoms with Crippen molar-refractivity contribution in [3.63, 3.8) is 0 Å². The van der Waals surface area contributed by atoms with Crippen molar-refractivity contribution in [1.82, 2.24) is 14.6 Å². The van der Waals surface area contributed by atoms with Gasteiger partial charge in [-0.15, -0.1) is 5.10 Å². The molecule has 0 saturated heterocycles. The molecule has 4 rings (SSSR count). The molecule has 0 radical (unpaired) electrons. The van der Waals surface area contributed by atoms with Crippen LogP contribution in [0.2, 0.25) is 0 Å². The molecule has 2 aromatic heterocycles. The molecule has 0 bridgehead atoms. The van der Waals surface area contributed by atoms with Gasteiger partial charge in [-0.25, -0.2) is 4.52 Å². The number of para-hydroxylation sites is 1. The minimum atomic E-state index is 0.138. The zero-order valence-electron chi connectivity index (χ0n) is 10.9. The van der Waals surface area contributed by atoms with Gasteiger partial charge in [0.1, 0.15) is 11.9 Å². The number of aromatic nitrogens is 3. The summed E-state index contributed by atoms with van der Waals surface area (Å²) in [4.78, 5) is 4.41. The summed E-state index contributed by atoms with van der Waals surface area (Å²) in [5.41, 5.74) is 2.10. The molecule has 3 heterocycles. The van der Waals surface area contributed by atoms with E-state index in [2.05, 4.69) is 21.5 Å². The van der Waals surface area contributed by atoms with Crippen molar-refractivity contribution in [1.29, 1.82) is 0 Å². The van der Waals surface area contributed by atoms with Crippen molar-refractivity contribution in [2.75, 3.05) is 11.9 Å². The lowest BCUT2D eigenvalue weighted by molar-refractivity contribution is 0.246. The number of nitrogens with zero attached hydrogens (tertiary/aromatic N) is 3. The van der Waals surface area contributed by atoms with Crippen LogP contribution in [0.15, 0.2) is 48.7 Å². The predicted molar refractivity (Wildman–Crippen MR) is 76.0 cm³/mol. The Morgan fingerprint density at radius 1 is 1.20 bits per heavy atom. The van der Waals surface area contributed by atoms with E-state index in [1.165, 1.54) is 5.56 Å². The molecule has 5 nitrogen and oxygen atoms in total. The Kier molecular flexibility index (Phi) is 2.55. The Morgan fingerprint density at radius 2 is 2.10 bits per heavy atom. The standard InChI is InChI=1S/C15H14N4O/c1-2-6-13-11(5-1)9-12(20-13)10-16-15-17-14-7-3-4-8-19(14)18-15/h1-8,12H,9-10H2,(H,16,18). The molecule has 3 aromatic rings. The molecule has 1 unspecified atom stereocenters. The molecule has 1 aliphatic heterocycles. The molecule has 1 N–H and O–H groups in total. The average molecular weight is 266 g/mol. The van der Waals surface area contributed by atoms with Crippen molar-refractivity contribution >= 4 is 11.6 Å². The van der Waals surface area contributed by atoms with Gasteiger partial charge in [0.15, 0.2) is 5.65 Å². The third kappa shape index (κ3) is 1.97. The summed E-state index contributed by atoms with van der Waals surface area (Å²) in [6.07, 6.45) is 2.95. The number of pyridine rings is 1. The van der Waals surface area contributed by atoms with Gasteiger partial charge in [0.2, 0.25) is 5.95 Å². The van der Waals surface area contributed by atoms with Crippen molar-refractivity contribution in [2.24, 2.45) is 0 Å². The van der Waals surface area contributed by atoms with E-state index in [4.69, 9.17) is 4.74 Å². The second-order valence-electron chi connectivity index (χ2n) is 4.87. The van der Waals surface area contributed by atoms with Gasteiger partial charge in [-0.3, -0.25) is 0 Å². The minimum Gasteiger partial charge on any atom is -0.488 e. The monoisotopic (exact) mass is 266 g/mol. The zero-order valence-corrected chi connectivity index (χ0v) is 10.9. The minimum absolute atomic E-state index is 0.138. The number of nitrogens with one attached hydrogen (secondary N) is 1. The molecule has 0 aliphatic carbocycles. The number of hydrogen-bond donors (Lipinski definition) is 1. The van der Waals surface area contributed by atoms with Crippen LogP contribution in [0.3, 0.4) is 0 Å². The van der Waals surface area contributed by atoms with Crippen LogP contribution in [0.4, 0.5) is 5.95 Å². The zero-order chi connectivity index (χ0) is 13.4. The molecular weight excluding hydrogens is 252 g/mol. The molecule has 0 saturated carbocycles. The molecule has 1 atom stereocenters. The Hall–Kier alpha value is -2.56. The van der Waals surface area contributed by atoms with Crippen LogP contribution in [0.5, 0.6) is 5.75 Å². The SMILES string of the molecule is c1ccc2c(c1)CC(CNc1nc3ccccn3n1)O2. The highest BCUT2D eigenvalue weighted by atomic mass is 16.5. The van der Waals surface area contributed by atoms with Crippen LogP contribution in [0.25, 0.3) is 5.65 Å². The smallest absolute Gasteiger partial charge is 0.243 e. The second kappa shape index (κ2) is 4.52. The van der Waals surface area contributed by atoms with E-state index in [1.807, 2.05) is 42.6 Å². The second-order valence-corrected chi connectivity index (χ2v) is 4.87. The van der Waals surface area contributed by atoms with Gasteiger partial charge in [-0.1, -0.05) is 24.3 Å². The Labute approximate surface area is 116 Å². The van der Waals surface area contributed by atoms with Crippen molar-refractivity contribution in [3.8, 4) is 5.75 Å². The van der Waals surface area contributed by atoms with Crippen molar-refractivity contribution in [2.45, 2.75) is 12.5 Å². The highest BCUT2D eigenvalue weighted by Gasteiger charge is 2.22. The first-order chi connectivity index (χ1) is 9.88. The fraction of sp³-hybridized carbons (Fsp3) is 0.200. The Bertz CT molecular complexity index is 694. The van der Waals surface area contributed by atoms with Crippen LogP contribution < -0.4 is 10.1 Å². The van der Waals surface area contributed by atoms with E-state index >= 15 is 0 Å². The van der Waals surface area contributed by atoms with Gasteiger partial charge in [-0.2, -0.15) is 4.98 Å². The molecule has 0 spiro atoms. The van der Waals surface area contributed by atoms with E-state index in [0.29, 0.717) is 12.5 Å². The first-order valence-electron chi connectivity index (χ1n) is 6.68. The molecule has 100 valence electrons. The molecule has 0 amide bonds. The number of anilines is 1. The van der Waals surface area contributed by atoms with E-state index in [9.17, 15) is 0 Å². The Morgan fingerprint density at radius 3 is 3.00 bits per heavy atom. The maximum Gasteiger partial charge on any atom is 0.243 e. The molecular formula is C15H14N4O. The number of rotatable bonds is 3. The van der Waals surface area contributed by atoms with Crippen molar-refractivity contribution < 1.29 is 4.74 Å². The highest BCUT2D eigenvalue weighted by molar-refractivity contribution is 5.43. The van der Waals surface area contributed by atoms with Crippen LogP contribution >= 0.6 is 0 Å². The number of fused-ring (bicyclic) bond motifs is 2. The van der Waals surface area contributed by atoms with Gasteiger partial charge in [0, 0.05) is 12.6 Å². The molecule has 1 aromatic carbocycles. The lowest BCUT2D eigenvalue weighted by Crippen LogP contribution is -2.24. The van der Waals surface area contributed by atoms with E-state index < -0.39 is 0 Å². The normalized spacial score (nSPS) is 16.9. The molecule has 5 heteroatoms. The van der Waals surface area contributed by atoms with Gasteiger partial charge < -0.3 is 10.1 Å². The summed E-state index contributed by atoms with van der Waals surface area (Å²) in [6.45, 7) is 0.700. The summed E-state index contributed by atoms with van der Waals surface area (Å²) in [5, 5.41) is 7.60. The topological polar surface area (TPSA) is 51.5 Å². The van der Waals surface area contributed by atoms with Crippen LogP contribution in [-0.2, 0) is 6.42 Å². The predicted octanol–water partition coefficient (Wildman–Crippen LogP) is 2.14. The Balaban J connectivity index is 1.44. The maximum atomic E-state index is 5.88. The van der Waals surface area contributed by atoms with Gasteiger partial charge in [0.25, 0.3) is 0 Å². The third-order valence-electron chi connectivity index (χ3n) is 3.44. The first kappa shape index (κ1) is 11.3. The van der Waals surface area contributed by atoms with E-state index in [0.717, 1.165) is 17.8 Å². The quantitative estimate of drug-likeness (QED) is 0.789. The number of hydrogen-bond acceptors (Lipinski definition) is 4. The average Bonchev–Trinajstić information content (AvgIpc) is 3.07. The lowest BCUT2D eigenvalue weighted by Gasteiger charge is -2.10. The first-order valence-corrected chi connectivity index (χ1v) is 6.68. The lowest BCUT2D eigenvalue weighted by atomic mass is 10.1. The summed E-state index contributed by atoms with van der Waals surface area (Å²) in [6, 6.07) is 14.0. The molecule has 1 aliphatic rings. The van der Waals surface area contributed by atoms with E-state index in [-0.39, 0.29) is 6.10 Å². The summed E-state index contributed by atoms with van der Waals surface area (Å²) >= 11 is 0. The van der Waals surface area contributed by atoms with Crippen LogP contribution in [0, 0.1) is 0 Å². The highest BCUT2D eigenvalue weighted by Crippen LogP contribution is 2.28. The maximum absolute atomic E-state index is 5.88. The molecule has 20 heavy (non-hydrogen) atoms. The summed E-state index contributed by atoms with van der Waals surface area (Å²) in [5.74, 6) is 1.62. The molecule has 0 fully saturated rings. The van der Waals surface area contributed by atoms with Gasteiger partial charge in [0.05, 0.1) is 6.54 Å². The summed E-state index contributed by atoms with van der Waals surface area (Å²) < 4.78 is 7.63. The number of ether oxygens (including phenoxy) is 1. The van der Waals surface area contributed by atoms with Crippen molar-refractivity contribution in [3.05, 3.63) is 54.2 Å². The van der Waals surface area contributed by atoms with Crippen LogP contribution in [0.1, 0.15) is 5.56 Å².